The molecule has 3 rings (SSSR count). The number of benzene rings is 2. The van der Waals surface area contributed by atoms with Gasteiger partial charge in [0.25, 0.3) is 0 Å². The summed E-state index contributed by atoms with van der Waals surface area (Å²) in [5.41, 5.74) is 15.7. The van der Waals surface area contributed by atoms with E-state index < -0.39 is 5.54 Å². The summed E-state index contributed by atoms with van der Waals surface area (Å²) in [6.07, 6.45) is 5.21. The van der Waals surface area contributed by atoms with Crippen LogP contribution < -0.4 is 22.1 Å². The van der Waals surface area contributed by atoms with Crippen molar-refractivity contribution in [3.8, 4) is 6.07 Å². The van der Waals surface area contributed by atoms with Gasteiger partial charge in [-0.2, -0.15) is 5.26 Å². The molecule has 0 heterocycles. The number of nitrogens with one attached hydrogen (secondary N) is 2. The molecule has 1 aliphatic carbocycles. The highest BCUT2D eigenvalue weighted by Crippen LogP contribution is 2.36. The van der Waals surface area contributed by atoms with E-state index in [-0.39, 0.29) is 0 Å². The molecule has 0 spiro atoms. The molecule has 1 saturated carbocycles. The molecule has 0 bridgehead atoms. The lowest BCUT2D eigenvalue weighted by atomic mass is 10.1. The number of nitriles is 1. The molecule has 6 N–H and O–H groups in total. The maximum atomic E-state index is 9.21. The molecule has 0 amide bonds. The average Bonchev–Trinajstić information content (AvgIpc) is 3.47. The molecule has 136 valence electrons. The molecule has 0 aliphatic heterocycles. The quantitative estimate of drug-likeness (QED) is 0.568. The predicted molar refractivity (Wildman–Crippen MR) is 111 cm³/mol. The Kier molecular flexibility index (Phi) is 5.18. The Balaban J connectivity index is 1.67. The van der Waals surface area contributed by atoms with Gasteiger partial charge in [-0.25, -0.2) is 0 Å². The Hall–Kier alpha value is -3.65. The molecule has 5 heteroatoms. The Morgan fingerprint density at radius 3 is 2.41 bits per heavy atom. The summed E-state index contributed by atoms with van der Waals surface area (Å²) in [6, 6.07) is 19.7. The Bertz CT molecular complexity index is 931. The van der Waals surface area contributed by atoms with Crippen molar-refractivity contribution in [1.29, 1.82) is 5.26 Å². The van der Waals surface area contributed by atoms with Crippen LogP contribution >= 0.6 is 0 Å². The van der Waals surface area contributed by atoms with Gasteiger partial charge in [-0.1, -0.05) is 49.0 Å². The number of allylic oxidation sites excluding steroid dienone is 2. The molecule has 2 aromatic carbocycles. The van der Waals surface area contributed by atoms with E-state index >= 15 is 0 Å². The Labute approximate surface area is 159 Å². The summed E-state index contributed by atoms with van der Waals surface area (Å²) in [6.45, 7) is 4.05. The second-order valence-corrected chi connectivity index (χ2v) is 6.61. The number of rotatable bonds is 7. The molecule has 2 aromatic rings. The van der Waals surface area contributed by atoms with Crippen molar-refractivity contribution < 1.29 is 0 Å². The van der Waals surface area contributed by atoms with E-state index in [4.69, 9.17) is 11.5 Å². The van der Waals surface area contributed by atoms with E-state index in [1.165, 1.54) is 0 Å². The van der Waals surface area contributed by atoms with Gasteiger partial charge in [-0.3, -0.25) is 0 Å². The molecule has 1 fully saturated rings. The lowest BCUT2D eigenvalue weighted by Crippen LogP contribution is -2.27. The first kappa shape index (κ1) is 18.2. The van der Waals surface area contributed by atoms with Crippen molar-refractivity contribution in [2.75, 3.05) is 5.32 Å². The largest absolute Gasteiger partial charge is 0.398 e. The van der Waals surface area contributed by atoms with Gasteiger partial charge in [-0.15, -0.1) is 0 Å². The van der Waals surface area contributed by atoms with Crippen LogP contribution in [0.5, 0.6) is 0 Å². The van der Waals surface area contributed by atoms with Gasteiger partial charge < -0.3 is 22.1 Å². The summed E-state index contributed by atoms with van der Waals surface area (Å²) in [5.74, 6) is 0.472. The molecule has 27 heavy (non-hydrogen) atoms. The van der Waals surface area contributed by atoms with E-state index in [0.717, 1.165) is 35.4 Å². The number of nitrogens with two attached hydrogens (primary N) is 2. The van der Waals surface area contributed by atoms with Crippen LogP contribution in [0.4, 0.5) is 5.69 Å². The van der Waals surface area contributed by atoms with Gasteiger partial charge in [-0.05, 0) is 48.3 Å². The molecular weight excluding hydrogens is 334 g/mol. The Morgan fingerprint density at radius 2 is 1.74 bits per heavy atom. The van der Waals surface area contributed by atoms with Gasteiger partial charge in [0.2, 0.25) is 0 Å². The van der Waals surface area contributed by atoms with E-state index in [1.54, 1.807) is 12.2 Å². The first-order chi connectivity index (χ1) is 13.0. The van der Waals surface area contributed by atoms with Crippen molar-refractivity contribution in [3.05, 3.63) is 90.3 Å². The third-order valence-electron chi connectivity index (χ3n) is 4.40. The zero-order chi connectivity index (χ0) is 19.3. The second kappa shape index (κ2) is 7.71. The first-order valence-electron chi connectivity index (χ1n) is 8.75. The standard InChI is InChI=1S/C22H23N5/c1-16(27-22(15-23)12-13-22)18-8-5-9-19(14-18)26-21(25)11-10-20(24)17-6-3-2-4-7-17/h2-11,14,26-27H,1,12-13,24-25H2/b20-10-,21-11+. The molecule has 0 unspecified atom stereocenters. The smallest absolute Gasteiger partial charge is 0.125 e. The van der Waals surface area contributed by atoms with Crippen LogP contribution in [0.2, 0.25) is 0 Å². The maximum absolute atomic E-state index is 9.21. The summed E-state index contributed by atoms with van der Waals surface area (Å²) in [7, 11) is 0. The van der Waals surface area contributed by atoms with Crippen molar-refractivity contribution in [3.63, 3.8) is 0 Å². The fraction of sp³-hybridized carbons (Fsp3) is 0.136. The number of hydrogen-bond donors (Lipinski definition) is 4. The highest BCUT2D eigenvalue weighted by Gasteiger charge is 2.43. The summed E-state index contributed by atoms with van der Waals surface area (Å²) < 4.78 is 0. The third kappa shape index (κ3) is 4.71. The molecule has 5 nitrogen and oxygen atoms in total. The molecule has 0 aromatic heterocycles. The number of anilines is 1. The minimum Gasteiger partial charge on any atom is -0.398 e. The van der Waals surface area contributed by atoms with Gasteiger partial charge in [0, 0.05) is 17.1 Å². The fourth-order valence-electron chi connectivity index (χ4n) is 2.65. The van der Waals surface area contributed by atoms with Crippen molar-refractivity contribution >= 4 is 17.1 Å². The van der Waals surface area contributed by atoms with Gasteiger partial charge >= 0.3 is 0 Å². The zero-order valence-corrected chi connectivity index (χ0v) is 15.1. The van der Waals surface area contributed by atoms with Crippen LogP contribution in [-0.4, -0.2) is 5.54 Å². The van der Waals surface area contributed by atoms with Crippen LogP contribution in [-0.2, 0) is 0 Å². The van der Waals surface area contributed by atoms with Gasteiger partial charge in [0.1, 0.15) is 11.4 Å². The first-order valence-corrected chi connectivity index (χ1v) is 8.75. The minimum atomic E-state index is -0.445. The molecule has 1 aliphatic rings. The highest BCUT2D eigenvalue weighted by molar-refractivity contribution is 5.68. The monoisotopic (exact) mass is 357 g/mol. The molecular formula is C22H23N5. The van der Waals surface area contributed by atoms with Crippen LogP contribution in [0.3, 0.4) is 0 Å². The SMILES string of the molecule is C=C(NC1(C#N)CC1)c1cccc(N/C(N)=C/C=C(\N)c2ccccc2)c1. The van der Waals surface area contributed by atoms with Crippen LogP contribution in [0, 0.1) is 11.3 Å². The zero-order valence-electron chi connectivity index (χ0n) is 15.1. The van der Waals surface area contributed by atoms with Gasteiger partial charge in [0.05, 0.1) is 6.07 Å². The summed E-state index contributed by atoms with van der Waals surface area (Å²) in [5, 5.41) is 15.6. The summed E-state index contributed by atoms with van der Waals surface area (Å²) in [4.78, 5) is 0. The van der Waals surface area contributed by atoms with E-state index in [1.807, 2.05) is 54.6 Å². The fourth-order valence-corrected chi connectivity index (χ4v) is 2.65. The summed E-state index contributed by atoms with van der Waals surface area (Å²) >= 11 is 0. The van der Waals surface area contributed by atoms with Gasteiger partial charge in [0.15, 0.2) is 0 Å². The maximum Gasteiger partial charge on any atom is 0.125 e. The lowest BCUT2D eigenvalue weighted by molar-refractivity contribution is 0.739. The molecule has 0 saturated heterocycles. The molecule has 0 atom stereocenters. The van der Waals surface area contributed by atoms with Crippen LogP contribution in [0.15, 0.2) is 79.1 Å². The predicted octanol–water partition coefficient (Wildman–Crippen LogP) is 3.51. The Morgan fingerprint density at radius 1 is 1.04 bits per heavy atom. The van der Waals surface area contributed by atoms with Crippen LogP contribution in [0.1, 0.15) is 24.0 Å². The average molecular weight is 357 g/mol. The number of hydrogen-bond acceptors (Lipinski definition) is 5. The molecule has 0 radical (unpaired) electrons. The minimum absolute atomic E-state index is 0.445. The second-order valence-electron chi connectivity index (χ2n) is 6.61. The van der Waals surface area contributed by atoms with E-state index in [9.17, 15) is 5.26 Å². The van der Waals surface area contributed by atoms with E-state index in [2.05, 4.69) is 23.3 Å². The van der Waals surface area contributed by atoms with Crippen molar-refractivity contribution in [2.24, 2.45) is 11.5 Å². The van der Waals surface area contributed by atoms with Crippen molar-refractivity contribution in [2.45, 2.75) is 18.4 Å². The number of nitrogens with zero attached hydrogens (tertiary/aromatic N) is 1. The highest BCUT2D eigenvalue weighted by atomic mass is 15.0. The lowest BCUT2D eigenvalue weighted by Gasteiger charge is -2.15. The normalized spacial score (nSPS) is 15.5. The topological polar surface area (TPSA) is 99.9 Å². The van der Waals surface area contributed by atoms with E-state index in [0.29, 0.717) is 11.5 Å². The van der Waals surface area contributed by atoms with Crippen molar-refractivity contribution in [1.82, 2.24) is 5.32 Å². The third-order valence-corrected chi connectivity index (χ3v) is 4.40. The van der Waals surface area contributed by atoms with Crippen LogP contribution in [0.25, 0.3) is 11.4 Å².